The van der Waals surface area contributed by atoms with Crippen LogP contribution in [0.4, 0.5) is 5.95 Å². The highest BCUT2D eigenvalue weighted by molar-refractivity contribution is 7.92. The topological polar surface area (TPSA) is 73.3 Å². The highest BCUT2D eigenvalue weighted by atomic mass is 32.2. The Labute approximate surface area is 246 Å². The number of benzene rings is 3. The first-order valence-corrected chi connectivity index (χ1v) is 15.8. The zero-order valence-electron chi connectivity index (χ0n) is 23.9. The molecule has 6 rings (SSSR count). The van der Waals surface area contributed by atoms with Crippen molar-refractivity contribution in [3.8, 4) is 17.1 Å². The number of aromatic nitrogens is 2. The van der Waals surface area contributed by atoms with E-state index in [2.05, 4.69) is 89.1 Å². The van der Waals surface area contributed by atoms with Gasteiger partial charge in [-0.1, -0.05) is 60.7 Å². The number of aryl methyl sites for hydroxylation is 3. The summed E-state index contributed by atoms with van der Waals surface area (Å²) < 4.78 is 22.9. The summed E-state index contributed by atoms with van der Waals surface area (Å²) in [5.74, 6) is 1.78. The van der Waals surface area contributed by atoms with E-state index in [9.17, 15) is 4.55 Å². The van der Waals surface area contributed by atoms with E-state index < -0.39 is 11.4 Å². The van der Waals surface area contributed by atoms with Crippen LogP contribution in [0.2, 0.25) is 0 Å². The van der Waals surface area contributed by atoms with Crippen molar-refractivity contribution in [1.82, 2.24) is 14.9 Å². The summed E-state index contributed by atoms with van der Waals surface area (Å²) in [6.07, 6.45) is 4.27. The van der Waals surface area contributed by atoms with Crippen molar-refractivity contribution in [2.24, 2.45) is 11.8 Å². The van der Waals surface area contributed by atoms with Crippen LogP contribution in [0.15, 0.2) is 83.8 Å². The minimum atomic E-state index is -1.49. The maximum Gasteiger partial charge on any atom is 0.269 e. The van der Waals surface area contributed by atoms with E-state index in [1.807, 2.05) is 18.2 Å². The fourth-order valence-corrected chi connectivity index (χ4v) is 7.09. The zero-order chi connectivity index (χ0) is 28.2. The molecule has 3 aromatic carbocycles. The number of anilines is 1. The van der Waals surface area contributed by atoms with Crippen LogP contribution in [0.1, 0.15) is 35.1 Å². The standard InChI is InChI=1S/C34H38N4O2S/c1-24-8-6-9-25(2)33(24)31-21-32-36-34(35-31)37-41(39)30-13-7-12-27(20-30)14-15-28-17-19-38(22-29(28)23-40-32)18-16-26-10-4-3-5-11-26/h3-13,20-21,28-29H,14-19,22-23H2,1-2H3,(H,35,36,37)/t28?,29-,41?/m1/s1. The molecule has 0 saturated carbocycles. The number of nitrogens with one attached hydrogen (secondary N) is 1. The molecule has 7 heteroatoms. The van der Waals surface area contributed by atoms with E-state index >= 15 is 0 Å². The van der Waals surface area contributed by atoms with Crippen LogP contribution in [-0.4, -0.2) is 45.7 Å². The van der Waals surface area contributed by atoms with Crippen molar-refractivity contribution < 1.29 is 9.29 Å². The highest BCUT2D eigenvalue weighted by Crippen LogP contribution is 2.32. The van der Waals surface area contributed by atoms with E-state index in [0.29, 0.717) is 30.3 Å². The lowest BCUT2D eigenvalue weighted by atomic mass is 9.82. The van der Waals surface area contributed by atoms with Crippen LogP contribution in [0, 0.1) is 25.7 Å². The highest BCUT2D eigenvalue weighted by Gasteiger charge is 2.30. The third kappa shape index (κ3) is 6.75. The maximum absolute atomic E-state index is 13.3. The molecule has 4 aromatic rings. The van der Waals surface area contributed by atoms with Gasteiger partial charge in [0.15, 0.2) is 4.90 Å². The van der Waals surface area contributed by atoms with Crippen LogP contribution in [-0.2, 0) is 24.2 Å². The zero-order valence-corrected chi connectivity index (χ0v) is 24.7. The molecule has 2 aliphatic rings. The molecule has 1 N–H and O–H groups in total. The quantitative estimate of drug-likeness (QED) is 0.288. The molecule has 212 valence electrons. The van der Waals surface area contributed by atoms with Gasteiger partial charge in [0.1, 0.15) is 11.4 Å². The molecule has 0 aliphatic carbocycles. The fourth-order valence-electron chi connectivity index (χ4n) is 6.25. The predicted octanol–water partition coefficient (Wildman–Crippen LogP) is 6.40. The van der Waals surface area contributed by atoms with Gasteiger partial charge in [0.25, 0.3) is 5.95 Å². The number of fused-ring (bicyclic) bond motifs is 5. The molecular weight excluding hydrogens is 528 g/mol. The van der Waals surface area contributed by atoms with Gasteiger partial charge in [0.05, 0.1) is 12.3 Å². The third-order valence-electron chi connectivity index (χ3n) is 8.52. The first kappa shape index (κ1) is 27.8. The monoisotopic (exact) mass is 566 g/mol. The van der Waals surface area contributed by atoms with Gasteiger partial charge in [-0.3, -0.25) is 0 Å². The molecule has 0 amide bonds. The van der Waals surface area contributed by atoms with Gasteiger partial charge in [0.2, 0.25) is 5.88 Å². The molecule has 1 fully saturated rings. The summed E-state index contributed by atoms with van der Waals surface area (Å²) in [5.41, 5.74) is 6.69. The van der Waals surface area contributed by atoms with Crippen LogP contribution >= 0.6 is 0 Å². The smallest absolute Gasteiger partial charge is 0.269 e. The van der Waals surface area contributed by atoms with Crippen LogP contribution in [0.5, 0.6) is 5.88 Å². The molecule has 1 aromatic heterocycles. The molecule has 2 unspecified atom stereocenters. The molecule has 0 spiro atoms. The summed E-state index contributed by atoms with van der Waals surface area (Å²) in [7, 11) is 0. The molecule has 41 heavy (non-hydrogen) atoms. The van der Waals surface area contributed by atoms with Gasteiger partial charge >= 0.3 is 0 Å². The maximum atomic E-state index is 13.3. The Kier molecular flexibility index (Phi) is 8.56. The van der Waals surface area contributed by atoms with Crippen LogP contribution < -0.4 is 9.46 Å². The second-order valence-electron chi connectivity index (χ2n) is 11.4. The summed E-state index contributed by atoms with van der Waals surface area (Å²) in [6, 6.07) is 27.0. The average molecular weight is 567 g/mol. The lowest BCUT2D eigenvalue weighted by Gasteiger charge is -2.38. The van der Waals surface area contributed by atoms with Crippen LogP contribution in [0.3, 0.4) is 0 Å². The number of likely N-dealkylation sites (tertiary alicyclic amines) is 1. The Balaban J connectivity index is 1.30. The normalized spacial score (nSPS) is 21.2. The summed E-state index contributed by atoms with van der Waals surface area (Å²) in [6.45, 7) is 7.95. The fraction of sp³-hybridized carbons (Fsp3) is 0.353. The number of ether oxygens (including phenoxy) is 1. The lowest BCUT2D eigenvalue weighted by Crippen LogP contribution is -2.43. The van der Waals surface area contributed by atoms with E-state index in [4.69, 9.17) is 9.72 Å². The first-order valence-electron chi connectivity index (χ1n) is 14.6. The number of piperidine rings is 1. The summed E-state index contributed by atoms with van der Waals surface area (Å²) in [5, 5.41) is 0. The minimum Gasteiger partial charge on any atom is -0.588 e. The number of rotatable bonds is 4. The number of hydrogen-bond acceptors (Lipinski definition) is 6. The van der Waals surface area contributed by atoms with Gasteiger partial charge in [0, 0.05) is 30.6 Å². The average Bonchev–Trinajstić information content (AvgIpc) is 2.98. The van der Waals surface area contributed by atoms with E-state index in [-0.39, 0.29) is 0 Å². The van der Waals surface area contributed by atoms with Crippen molar-refractivity contribution in [3.63, 3.8) is 0 Å². The van der Waals surface area contributed by atoms with Gasteiger partial charge < -0.3 is 14.2 Å². The first-order chi connectivity index (χ1) is 20.0. The largest absolute Gasteiger partial charge is 0.588 e. The molecule has 3 heterocycles. The number of nitrogens with zero attached hydrogens (tertiary/aromatic N) is 3. The van der Waals surface area contributed by atoms with Crippen molar-refractivity contribution in [1.29, 1.82) is 0 Å². The van der Waals surface area contributed by atoms with Crippen LogP contribution in [0.25, 0.3) is 11.3 Å². The van der Waals surface area contributed by atoms with Crippen molar-refractivity contribution >= 4 is 17.3 Å². The summed E-state index contributed by atoms with van der Waals surface area (Å²) in [4.78, 5) is 12.8. The van der Waals surface area contributed by atoms with E-state index in [0.717, 1.165) is 72.6 Å². The Morgan fingerprint density at radius 2 is 1.73 bits per heavy atom. The number of hydrogen-bond donors (Lipinski definition) is 1. The molecule has 6 nitrogen and oxygen atoms in total. The van der Waals surface area contributed by atoms with E-state index in [1.165, 1.54) is 11.1 Å². The SMILES string of the molecule is Cc1cccc(C)c1-c1cc2nc(n1)N[S+]([O-])c1cccc(c1)CCC1CCN(CCc3ccccc3)C[C@@H]1CO2. The van der Waals surface area contributed by atoms with Gasteiger partial charge in [-0.2, -0.15) is 9.71 Å². The summed E-state index contributed by atoms with van der Waals surface area (Å²) >= 11 is -1.49. The van der Waals surface area contributed by atoms with Gasteiger partial charge in [-0.05, 0) is 86.4 Å². The second-order valence-corrected chi connectivity index (χ2v) is 12.6. The Hall–Kier alpha value is -3.39. The Morgan fingerprint density at radius 1 is 0.927 bits per heavy atom. The molecule has 2 aliphatic heterocycles. The molecule has 3 atom stereocenters. The Bertz CT molecular complexity index is 1460. The van der Waals surface area contributed by atoms with Crippen molar-refractivity contribution in [2.45, 2.75) is 44.4 Å². The van der Waals surface area contributed by atoms with Crippen molar-refractivity contribution in [2.75, 3.05) is 31.0 Å². The lowest BCUT2D eigenvalue weighted by molar-refractivity contribution is 0.0757. The van der Waals surface area contributed by atoms with Gasteiger partial charge in [-0.25, -0.2) is 4.98 Å². The van der Waals surface area contributed by atoms with Crippen molar-refractivity contribution in [3.05, 3.63) is 101 Å². The molecule has 4 bridgehead atoms. The molecular formula is C34H38N4O2S. The van der Waals surface area contributed by atoms with Gasteiger partial charge in [-0.15, -0.1) is 0 Å². The molecule has 1 saturated heterocycles. The minimum absolute atomic E-state index is 0.311. The second kappa shape index (κ2) is 12.6. The molecule has 0 radical (unpaired) electrons. The Morgan fingerprint density at radius 3 is 2.56 bits per heavy atom. The third-order valence-corrected chi connectivity index (χ3v) is 9.57. The van der Waals surface area contributed by atoms with E-state index in [1.54, 1.807) is 0 Å². The predicted molar refractivity (Wildman–Crippen MR) is 165 cm³/mol.